The lowest BCUT2D eigenvalue weighted by Crippen LogP contribution is -2.16. The average molecular weight is 344 g/mol. The second-order valence-corrected chi connectivity index (χ2v) is 5.68. The molecule has 3 aromatic carbocycles. The van der Waals surface area contributed by atoms with Crippen LogP contribution in [0.5, 0.6) is 0 Å². The topological polar surface area (TPSA) is 12.0 Å². The van der Waals surface area contributed by atoms with Crippen molar-refractivity contribution in [1.82, 2.24) is 0 Å². The first-order chi connectivity index (χ1) is 10.8. The first kappa shape index (κ1) is 17.4. The summed E-state index contributed by atoms with van der Waals surface area (Å²) in [6.07, 6.45) is 0. The molecule has 0 fully saturated rings. The Hall–Kier alpha value is -1.96. The molecule has 0 heterocycles. The molecule has 2 unspecified atom stereocenters. The van der Waals surface area contributed by atoms with Crippen LogP contribution in [0, 0.1) is 0 Å². The molecule has 3 aromatic rings. The Morgan fingerprint density at radius 1 is 0.609 bits per heavy atom. The van der Waals surface area contributed by atoms with Gasteiger partial charge in [0, 0.05) is 5.69 Å². The predicted octanol–water partition coefficient (Wildman–Crippen LogP) is 6.24. The maximum atomic E-state index is 6.79. The Bertz CT molecular complexity index is 687. The second kappa shape index (κ2) is 8.61. The number of hydrogen-bond donors (Lipinski definition) is 1. The Morgan fingerprint density at radius 3 is 1.57 bits per heavy atom. The van der Waals surface area contributed by atoms with Crippen molar-refractivity contribution in [1.29, 1.82) is 0 Å². The SMILES string of the molecule is Cl.ClC(c1ccccc1)C(Nc1ccccc1)c1ccccc1. The highest BCUT2D eigenvalue weighted by Crippen LogP contribution is 2.36. The van der Waals surface area contributed by atoms with Gasteiger partial charge in [-0.1, -0.05) is 78.9 Å². The van der Waals surface area contributed by atoms with E-state index in [9.17, 15) is 0 Å². The van der Waals surface area contributed by atoms with Gasteiger partial charge in [0.15, 0.2) is 0 Å². The van der Waals surface area contributed by atoms with Crippen LogP contribution >= 0.6 is 24.0 Å². The van der Waals surface area contributed by atoms with Gasteiger partial charge in [-0.25, -0.2) is 0 Å². The summed E-state index contributed by atoms with van der Waals surface area (Å²) in [6.45, 7) is 0. The van der Waals surface area contributed by atoms with Crippen LogP contribution < -0.4 is 5.32 Å². The normalized spacial score (nSPS) is 12.7. The van der Waals surface area contributed by atoms with E-state index in [1.807, 2.05) is 54.6 Å². The number of rotatable bonds is 5. The molecule has 0 spiro atoms. The molecule has 1 N–H and O–H groups in total. The number of anilines is 1. The summed E-state index contributed by atoms with van der Waals surface area (Å²) < 4.78 is 0. The van der Waals surface area contributed by atoms with E-state index < -0.39 is 0 Å². The van der Waals surface area contributed by atoms with Gasteiger partial charge in [-0.15, -0.1) is 24.0 Å². The smallest absolute Gasteiger partial charge is 0.0828 e. The quantitative estimate of drug-likeness (QED) is 0.540. The highest BCUT2D eigenvalue weighted by molar-refractivity contribution is 6.21. The zero-order valence-corrected chi connectivity index (χ0v) is 14.2. The number of hydrogen-bond acceptors (Lipinski definition) is 1. The molecule has 0 amide bonds. The first-order valence-electron chi connectivity index (χ1n) is 7.40. The largest absolute Gasteiger partial charge is 0.376 e. The van der Waals surface area contributed by atoms with Gasteiger partial charge in [0.2, 0.25) is 0 Å². The molecule has 0 aliphatic heterocycles. The van der Waals surface area contributed by atoms with Gasteiger partial charge in [-0.05, 0) is 23.3 Å². The van der Waals surface area contributed by atoms with E-state index in [1.54, 1.807) is 0 Å². The molecule has 0 aliphatic rings. The minimum Gasteiger partial charge on any atom is -0.376 e. The molecular weight excluding hydrogens is 325 g/mol. The molecule has 118 valence electrons. The van der Waals surface area contributed by atoms with Crippen LogP contribution in [-0.4, -0.2) is 0 Å². The van der Waals surface area contributed by atoms with Gasteiger partial charge in [-0.2, -0.15) is 0 Å². The summed E-state index contributed by atoms with van der Waals surface area (Å²) in [6, 6.07) is 30.7. The average Bonchev–Trinajstić information content (AvgIpc) is 2.61. The van der Waals surface area contributed by atoms with Gasteiger partial charge in [-0.3, -0.25) is 0 Å². The van der Waals surface area contributed by atoms with E-state index in [0.717, 1.165) is 11.3 Å². The molecule has 0 aromatic heterocycles. The minimum atomic E-state index is -0.149. The summed E-state index contributed by atoms with van der Waals surface area (Å²) >= 11 is 6.79. The molecule has 0 saturated heterocycles. The number of benzene rings is 3. The molecule has 2 atom stereocenters. The van der Waals surface area contributed by atoms with E-state index in [0.29, 0.717) is 0 Å². The highest BCUT2D eigenvalue weighted by atomic mass is 35.5. The van der Waals surface area contributed by atoms with E-state index in [1.165, 1.54) is 5.56 Å². The zero-order valence-electron chi connectivity index (χ0n) is 12.6. The molecule has 0 saturated carbocycles. The summed E-state index contributed by atoms with van der Waals surface area (Å²) in [4.78, 5) is 0. The van der Waals surface area contributed by atoms with Crippen molar-refractivity contribution >= 4 is 29.7 Å². The monoisotopic (exact) mass is 343 g/mol. The lowest BCUT2D eigenvalue weighted by Gasteiger charge is -2.25. The highest BCUT2D eigenvalue weighted by Gasteiger charge is 2.22. The van der Waals surface area contributed by atoms with Gasteiger partial charge in [0.1, 0.15) is 0 Å². The Labute approximate surface area is 148 Å². The molecule has 3 heteroatoms. The molecule has 0 bridgehead atoms. The first-order valence-corrected chi connectivity index (χ1v) is 7.84. The van der Waals surface area contributed by atoms with E-state index >= 15 is 0 Å². The fraction of sp³-hybridized carbons (Fsp3) is 0.100. The number of alkyl halides is 1. The third-order valence-corrected chi connectivity index (χ3v) is 4.17. The number of halogens is 2. The van der Waals surface area contributed by atoms with Crippen LogP contribution in [0.3, 0.4) is 0 Å². The molecule has 23 heavy (non-hydrogen) atoms. The van der Waals surface area contributed by atoms with E-state index in [2.05, 4.69) is 41.7 Å². The molecule has 0 aliphatic carbocycles. The van der Waals surface area contributed by atoms with Crippen molar-refractivity contribution in [2.75, 3.05) is 5.32 Å². The summed E-state index contributed by atoms with van der Waals surface area (Å²) in [5.41, 5.74) is 3.36. The molecule has 3 rings (SSSR count). The second-order valence-electron chi connectivity index (χ2n) is 5.21. The van der Waals surface area contributed by atoms with Crippen molar-refractivity contribution in [2.24, 2.45) is 0 Å². The summed E-state index contributed by atoms with van der Waals surface area (Å²) in [5.74, 6) is 0. The van der Waals surface area contributed by atoms with Crippen LogP contribution in [0.2, 0.25) is 0 Å². The maximum absolute atomic E-state index is 6.79. The van der Waals surface area contributed by atoms with Crippen molar-refractivity contribution in [3.05, 3.63) is 102 Å². The summed E-state index contributed by atoms with van der Waals surface area (Å²) in [7, 11) is 0. The fourth-order valence-electron chi connectivity index (χ4n) is 2.53. The predicted molar refractivity (Wildman–Crippen MR) is 102 cm³/mol. The maximum Gasteiger partial charge on any atom is 0.0828 e. The lowest BCUT2D eigenvalue weighted by atomic mass is 9.98. The molecular formula is C20H19Cl2N. The van der Waals surface area contributed by atoms with Gasteiger partial charge in [0.05, 0.1) is 11.4 Å². The van der Waals surface area contributed by atoms with E-state index in [-0.39, 0.29) is 23.8 Å². The Kier molecular flexibility index (Phi) is 6.52. The van der Waals surface area contributed by atoms with Crippen molar-refractivity contribution in [3.63, 3.8) is 0 Å². The van der Waals surface area contributed by atoms with Crippen LogP contribution in [0.25, 0.3) is 0 Å². The minimum absolute atomic E-state index is 0. The van der Waals surface area contributed by atoms with Crippen molar-refractivity contribution in [3.8, 4) is 0 Å². The standard InChI is InChI=1S/C20H18ClN.ClH/c21-19(16-10-4-1-5-11-16)20(17-12-6-2-7-13-17)22-18-14-8-3-9-15-18;/h1-15,19-20,22H;1H. The van der Waals surface area contributed by atoms with Crippen molar-refractivity contribution < 1.29 is 0 Å². The summed E-state index contributed by atoms with van der Waals surface area (Å²) in [5, 5.41) is 3.41. The molecule has 0 radical (unpaired) electrons. The van der Waals surface area contributed by atoms with Crippen molar-refractivity contribution in [2.45, 2.75) is 11.4 Å². The Balaban J connectivity index is 0.00000192. The molecule has 1 nitrogen and oxygen atoms in total. The third kappa shape index (κ3) is 4.51. The third-order valence-electron chi connectivity index (χ3n) is 3.67. The van der Waals surface area contributed by atoms with E-state index in [4.69, 9.17) is 11.6 Å². The number of para-hydroxylation sites is 1. The number of nitrogens with one attached hydrogen (secondary N) is 1. The van der Waals surface area contributed by atoms with Gasteiger partial charge < -0.3 is 5.32 Å². The van der Waals surface area contributed by atoms with Crippen LogP contribution in [-0.2, 0) is 0 Å². The van der Waals surface area contributed by atoms with Crippen LogP contribution in [0.15, 0.2) is 91.0 Å². The fourth-order valence-corrected chi connectivity index (χ4v) is 2.88. The van der Waals surface area contributed by atoms with Gasteiger partial charge in [0.25, 0.3) is 0 Å². The lowest BCUT2D eigenvalue weighted by molar-refractivity contribution is 0.748. The zero-order chi connectivity index (χ0) is 15.2. The van der Waals surface area contributed by atoms with Gasteiger partial charge >= 0.3 is 0 Å². The van der Waals surface area contributed by atoms with Crippen LogP contribution in [0.4, 0.5) is 5.69 Å². The van der Waals surface area contributed by atoms with Crippen LogP contribution in [0.1, 0.15) is 22.5 Å². The Morgan fingerprint density at radius 2 is 1.04 bits per heavy atom.